The molecule has 2 aromatic heterocycles. The molecule has 0 bridgehead atoms. The quantitative estimate of drug-likeness (QED) is 0.415. The normalized spacial score (nSPS) is 18.8. The van der Waals surface area contributed by atoms with Gasteiger partial charge in [0.1, 0.15) is 17.8 Å². The first-order valence-electron chi connectivity index (χ1n) is 12.1. The molecule has 2 saturated heterocycles. The second-order valence-electron chi connectivity index (χ2n) is 9.25. The van der Waals surface area contributed by atoms with Gasteiger partial charge in [0.05, 0.1) is 10.2 Å². The van der Waals surface area contributed by atoms with E-state index in [2.05, 4.69) is 26.1 Å². The monoisotopic (exact) mass is 493 g/mol. The largest absolute Gasteiger partial charge is 0.399 e. The number of nitrogen functional groups attached to an aromatic ring is 1. The van der Waals surface area contributed by atoms with Gasteiger partial charge in [0.2, 0.25) is 11.9 Å². The first-order chi connectivity index (χ1) is 17.1. The van der Waals surface area contributed by atoms with Crippen molar-refractivity contribution in [3.8, 4) is 0 Å². The van der Waals surface area contributed by atoms with Crippen LogP contribution in [0.1, 0.15) is 36.3 Å². The molecular formula is C25H31N7O2S. The van der Waals surface area contributed by atoms with E-state index in [9.17, 15) is 4.79 Å². The summed E-state index contributed by atoms with van der Waals surface area (Å²) in [6, 6.07) is 8.13. The molecule has 0 atom stereocenters. The van der Waals surface area contributed by atoms with Gasteiger partial charge in [0, 0.05) is 49.4 Å². The van der Waals surface area contributed by atoms with Crippen molar-refractivity contribution in [1.29, 1.82) is 0 Å². The van der Waals surface area contributed by atoms with E-state index in [0.717, 1.165) is 84.9 Å². The summed E-state index contributed by atoms with van der Waals surface area (Å²) in [6.07, 6.45) is 7.07. The van der Waals surface area contributed by atoms with Gasteiger partial charge in [-0.2, -0.15) is 0 Å². The molecule has 0 aliphatic carbocycles. The maximum Gasteiger partial charge on any atom is 0.225 e. The summed E-state index contributed by atoms with van der Waals surface area (Å²) >= 11 is 1.65. The topological polar surface area (TPSA) is 110 Å². The number of oxime groups is 1. The van der Waals surface area contributed by atoms with Crippen molar-refractivity contribution in [1.82, 2.24) is 24.8 Å². The van der Waals surface area contributed by atoms with Crippen molar-refractivity contribution in [2.75, 3.05) is 39.0 Å². The number of rotatable bonds is 6. The van der Waals surface area contributed by atoms with E-state index in [-0.39, 0.29) is 11.8 Å². The Hall–Kier alpha value is -3.11. The fraction of sp³-hybridized carbons (Fsp3) is 0.480. The molecule has 4 heterocycles. The number of piperidine rings is 2. The van der Waals surface area contributed by atoms with Gasteiger partial charge in [-0.3, -0.25) is 9.69 Å². The summed E-state index contributed by atoms with van der Waals surface area (Å²) in [7, 11) is 1.58. The lowest BCUT2D eigenvalue weighted by Crippen LogP contribution is -2.46. The Labute approximate surface area is 209 Å². The number of fused-ring (bicyclic) bond motifs is 1. The summed E-state index contributed by atoms with van der Waals surface area (Å²) in [5.41, 5.74) is 8.51. The molecule has 0 saturated carbocycles. The summed E-state index contributed by atoms with van der Waals surface area (Å²) < 4.78 is 1.15. The average molecular weight is 494 g/mol. The van der Waals surface area contributed by atoms with Crippen LogP contribution in [0.5, 0.6) is 0 Å². The third-order valence-electron chi connectivity index (χ3n) is 6.96. The fourth-order valence-electron chi connectivity index (χ4n) is 5.04. The number of benzene rings is 1. The maximum atomic E-state index is 13.3. The molecule has 3 aromatic rings. The Kier molecular flexibility index (Phi) is 7.19. The number of hydrogen-bond acceptors (Lipinski definition) is 9. The van der Waals surface area contributed by atoms with E-state index in [1.54, 1.807) is 30.8 Å². The molecule has 2 aliphatic rings. The van der Waals surface area contributed by atoms with Crippen molar-refractivity contribution in [2.45, 2.75) is 32.2 Å². The van der Waals surface area contributed by atoms with Crippen LogP contribution in [-0.2, 0) is 16.2 Å². The number of amides is 1. The van der Waals surface area contributed by atoms with Crippen LogP contribution in [0.3, 0.4) is 0 Å². The lowest BCUT2D eigenvalue weighted by atomic mass is 9.89. The molecule has 2 fully saturated rings. The number of para-hydroxylation sites is 1. The van der Waals surface area contributed by atoms with Gasteiger partial charge in [-0.15, -0.1) is 11.3 Å². The predicted molar refractivity (Wildman–Crippen MR) is 137 cm³/mol. The van der Waals surface area contributed by atoms with Crippen LogP contribution in [0.2, 0.25) is 0 Å². The predicted octanol–water partition coefficient (Wildman–Crippen LogP) is 3.17. The summed E-state index contributed by atoms with van der Waals surface area (Å²) in [5.74, 6) is 0.928. The van der Waals surface area contributed by atoms with Gasteiger partial charge in [-0.1, -0.05) is 17.3 Å². The van der Waals surface area contributed by atoms with Crippen LogP contribution < -0.4 is 5.73 Å². The number of nitrogens with two attached hydrogens (primary N) is 1. The van der Waals surface area contributed by atoms with Crippen LogP contribution in [0.25, 0.3) is 10.2 Å². The number of thiazole rings is 1. The Morgan fingerprint density at radius 1 is 1.09 bits per heavy atom. The zero-order chi connectivity index (χ0) is 24.2. The lowest BCUT2D eigenvalue weighted by molar-refractivity contribution is -0.138. The van der Waals surface area contributed by atoms with E-state index < -0.39 is 0 Å². The molecule has 184 valence electrons. The van der Waals surface area contributed by atoms with Crippen LogP contribution in [0, 0.1) is 11.8 Å². The van der Waals surface area contributed by atoms with E-state index in [4.69, 9.17) is 15.6 Å². The number of nitrogens with zero attached hydrogens (tertiary/aromatic N) is 6. The molecule has 0 radical (unpaired) electrons. The van der Waals surface area contributed by atoms with E-state index >= 15 is 0 Å². The maximum absolute atomic E-state index is 13.3. The van der Waals surface area contributed by atoms with Gasteiger partial charge in [-0.25, -0.2) is 15.0 Å². The first kappa shape index (κ1) is 23.6. The number of hydrogen-bond donors (Lipinski definition) is 1. The van der Waals surface area contributed by atoms with Crippen molar-refractivity contribution in [2.24, 2.45) is 17.0 Å². The van der Waals surface area contributed by atoms with Crippen LogP contribution in [0.4, 0.5) is 5.95 Å². The molecule has 2 aliphatic heterocycles. The third-order valence-corrected chi connectivity index (χ3v) is 8.02. The zero-order valence-corrected chi connectivity index (χ0v) is 20.8. The molecule has 35 heavy (non-hydrogen) atoms. The highest BCUT2D eigenvalue weighted by atomic mass is 32.1. The van der Waals surface area contributed by atoms with Gasteiger partial charge < -0.3 is 15.5 Å². The molecule has 9 nitrogen and oxygen atoms in total. The Morgan fingerprint density at radius 2 is 1.77 bits per heavy atom. The van der Waals surface area contributed by atoms with Crippen molar-refractivity contribution in [3.05, 3.63) is 47.2 Å². The molecular weight excluding hydrogens is 462 g/mol. The Balaban J connectivity index is 1.14. The van der Waals surface area contributed by atoms with Crippen molar-refractivity contribution in [3.63, 3.8) is 0 Å². The van der Waals surface area contributed by atoms with E-state index in [0.29, 0.717) is 11.9 Å². The standard InChI is InChI=1S/C25H31N7O2S/c1-34-30-22(23-29-20-4-2-3-5-21(20)35-23)18-8-12-32(13-9-18)24(33)19-6-10-31(11-7-19)16-17-14-27-25(26)28-15-17/h2-5,14-15,18-19H,6-13,16H2,1H3,(H2,26,27,28). The minimum absolute atomic E-state index is 0.0989. The van der Waals surface area contributed by atoms with Gasteiger partial charge in [0.25, 0.3) is 0 Å². The summed E-state index contributed by atoms with van der Waals surface area (Å²) in [6.45, 7) is 4.10. The Bertz CT molecular complexity index is 1150. The number of carbonyl (C=O) groups is 1. The van der Waals surface area contributed by atoms with Crippen molar-refractivity contribution >= 4 is 39.1 Å². The average Bonchev–Trinajstić information content (AvgIpc) is 3.33. The molecule has 10 heteroatoms. The smallest absolute Gasteiger partial charge is 0.225 e. The molecule has 0 unspecified atom stereocenters. The highest BCUT2D eigenvalue weighted by Gasteiger charge is 2.33. The Morgan fingerprint density at radius 3 is 2.46 bits per heavy atom. The number of aromatic nitrogens is 3. The van der Waals surface area contributed by atoms with Gasteiger partial charge >= 0.3 is 0 Å². The minimum atomic E-state index is 0.0989. The zero-order valence-electron chi connectivity index (χ0n) is 20.0. The molecule has 1 amide bonds. The number of carbonyl (C=O) groups excluding carboxylic acids is 1. The highest BCUT2D eigenvalue weighted by molar-refractivity contribution is 7.20. The van der Waals surface area contributed by atoms with Crippen molar-refractivity contribution < 1.29 is 9.63 Å². The second-order valence-corrected chi connectivity index (χ2v) is 10.3. The molecule has 1 aromatic carbocycles. The SMILES string of the molecule is CON=C(c1nc2ccccc2s1)C1CCN(C(=O)C2CCN(Cc3cnc(N)nc3)CC2)CC1. The second kappa shape index (κ2) is 10.7. The van der Waals surface area contributed by atoms with Gasteiger partial charge in [-0.05, 0) is 50.9 Å². The van der Waals surface area contributed by atoms with Crippen LogP contribution in [-0.4, -0.2) is 69.7 Å². The van der Waals surface area contributed by atoms with Crippen LogP contribution >= 0.6 is 11.3 Å². The fourth-order valence-corrected chi connectivity index (χ4v) is 6.07. The minimum Gasteiger partial charge on any atom is -0.399 e. The number of likely N-dealkylation sites (tertiary alicyclic amines) is 2. The summed E-state index contributed by atoms with van der Waals surface area (Å²) in [4.78, 5) is 35.8. The molecule has 0 spiro atoms. The van der Waals surface area contributed by atoms with Crippen LogP contribution in [0.15, 0.2) is 41.8 Å². The lowest BCUT2D eigenvalue weighted by Gasteiger charge is -2.37. The first-order valence-corrected chi connectivity index (χ1v) is 13.0. The van der Waals surface area contributed by atoms with E-state index in [1.807, 2.05) is 23.1 Å². The summed E-state index contributed by atoms with van der Waals surface area (Å²) in [5, 5.41) is 5.27. The highest BCUT2D eigenvalue weighted by Crippen LogP contribution is 2.30. The molecule has 2 N–H and O–H groups in total. The third kappa shape index (κ3) is 5.43. The number of anilines is 1. The van der Waals surface area contributed by atoms with Gasteiger partial charge in [0.15, 0.2) is 0 Å². The van der Waals surface area contributed by atoms with E-state index in [1.165, 1.54) is 0 Å². The molecule has 5 rings (SSSR count).